The van der Waals surface area contributed by atoms with E-state index in [1.807, 2.05) is 0 Å². The van der Waals surface area contributed by atoms with E-state index in [0.29, 0.717) is 30.7 Å². The van der Waals surface area contributed by atoms with Crippen LogP contribution < -0.4 is 11.1 Å². The van der Waals surface area contributed by atoms with Crippen LogP contribution in [0.25, 0.3) is 0 Å². The monoisotopic (exact) mass is 267 g/mol. The number of piperidine rings is 1. The summed E-state index contributed by atoms with van der Waals surface area (Å²) in [6.45, 7) is 2.10. The van der Waals surface area contributed by atoms with Gasteiger partial charge in [-0.15, -0.1) is 0 Å². The summed E-state index contributed by atoms with van der Waals surface area (Å²) < 4.78 is 5.31. The molecule has 2 unspecified atom stereocenters. The maximum absolute atomic E-state index is 12.2. The van der Waals surface area contributed by atoms with Crippen molar-refractivity contribution >= 4 is 5.91 Å². The first-order chi connectivity index (χ1) is 9.22. The van der Waals surface area contributed by atoms with E-state index in [4.69, 9.17) is 10.5 Å². The van der Waals surface area contributed by atoms with Crippen LogP contribution in [0, 0.1) is 0 Å². The molecule has 5 heteroatoms. The fourth-order valence-corrected chi connectivity index (χ4v) is 3.86. The van der Waals surface area contributed by atoms with Gasteiger partial charge in [0.15, 0.2) is 0 Å². The second kappa shape index (κ2) is 5.77. The van der Waals surface area contributed by atoms with E-state index in [2.05, 4.69) is 10.2 Å². The van der Waals surface area contributed by atoms with Gasteiger partial charge in [0.1, 0.15) is 0 Å². The van der Waals surface area contributed by atoms with Gasteiger partial charge in [-0.3, -0.25) is 9.69 Å². The largest absolute Gasteiger partial charge is 0.381 e. The molecule has 3 heterocycles. The highest BCUT2D eigenvalue weighted by Gasteiger charge is 2.40. The van der Waals surface area contributed by atoms with E-state index in [9.17, 15) is 4.79 Å². The third-order valence-electron chi connectivity index (χ3n) is 4.83. The molecular weight excluding hydrogens is 242 g/mol. The molecule has 0 saturated carbocycles. The van der Waals surface area contributed by atoms with Crippen LogP contribution in [-0.4, -0.2) is 54.7 Å². The van der Waals surface area contributed by atoms with Gasteiger partial charge in [0.2, 0.25) is 5.91 Å². The molecular formula is C14H25N3O2. The van der Waals surface area contributed by atoms with Crippen LogP contribution in [0.15, 0.2) is 0 Å². The number of carbonyl (C=O) groups excluding carboxylic acids is 1. The third kappa shape index (κ3) is 3.09. The van der Waals surface area contributed by atoms with Crippen molar-refractivity contribution in [1.82, 2.24) is 10.2 Å². The zero-order valence-corrected chi connectivity index (χ0v) is 11.5. The van der Waals surface area contributed by atoms with E-state index < -0.39 is 0 Å². The van der Waals surface area contributed by atoms with E-state index in [1.54, 1.807) is 0 Å². The number of hydrogen-bond acceptors (Lipinski definition) is 4. The zero-order valence-electron chi connectivity index (χ0n) is 11.5. The van der Waals surface area contributed by atoms with Crippen LogP contribution in [0.4, 0.5) is 0 Å². The van der Waals surface area contributed by atoms with Gasteiger partial charge in [-0.05, 0) is 38.5 Å². The highest BCUT2D eigenvalue weighted by molar-refractivity contribution is 5.78. The van der Waals surface area contributed by atoms with Gasteiger partial charge in [0.05, 0.1) is 6.54 Å². The lowest BCUT2D eigenvalue weighted by Crippen LogP contribution is -2.52. The Bertz CT molecular complexity index is 317. The Labute approximate surface area is 114 Å². The molecule has 3 saturated heterocycles. The summed E-state index contributed by atoms with van der Waals surface area (Å²) in [5.74, 6) is 0.180. The minimum Gasteiger partial charge on any atom is -0.381 e. The van der Waals surface area contributed by atoms with Crippen molar-refractivity contribution in [3.63, 3.8) is 0 Å². The Hall–Kier alpha value is -0.650. The maximum atomic E-state index is 12.2. The summed E-state index contributed by atoms with van der Waals surface area (Å²) >= 11 is 0. The van der Waals surface area contributed by atoms with Crippen molar-refractivity contribution < 1.29 is 9.53 Å². The normalized spacial score (nSPS) is 36.4. The Kier molecular flexibility index (Phi) is 4.05. The number of nitrogens with one attached hydrogen (secondary N) is 1. The molecule has 3 N–H and O–H groups in total. The van der Waals surface area contributed by atoms with Gasteiger partial charge < -0.3 is 15.8 Å². The van der Waals surface area contributed by atoms with E-state index in [0.717, 1.165) is 38.9 Å². The van der Waals surface area contributed by atoms with E-state index in [1.165, 1.54) is 12.8 Å². The Morgan fingerprint density at radius 3 is 2.42 bits per heavy atom. The summed E-state index contributed by atoms with van der Waals surface area (Å²) in [6.07, 6.45) is 6.43. The highest BCUT2D eigenvalue weighted by atomic mass is 16.5. The molecule has 0 aromatic rings. The number of ether oxygens (including phenoxy) is 1. The molecule has 2 bridgehead atoms. The first kappa shape index (κ1) is 13.3. The van der Waals surface area contributed by atoms with Crippen LogP contribution in [0.5, 0.6) is 0 Å². The van der Waals surface area contributed by atoms with Crippen LogP contribution in [0.2, 0.25) is 0 Å². The zero-order chi connectivity index (χ0) is 13.2. The predicted molar refractivity (Wildman–Crippen MR) is 72.7 cm³/mol. The molecule has 3 rings (SSSR count). The van der Waals surface area contributed by atoms with Crippen LogP contribution in [0.1, 0.15) is 38.5 Å². The molecule has 0 aromatic heterocycles. The number of nitrogens with zero attached hydrogens (tertiary/aromatic N) is 1. The molecule has 1 amide bonds. The fourth-order valence-electron chi connectivity index (χ4n) is 3.86. The van der Waals surface area contributed by atoms with Gasteiger partial charge in [0.25, 0.3) is 0 Å². The average molecular weight is 267 g/mol. The van der Waals surface area contributed by atoms with Crippen molar-refractivity contribution in [3.05, 3.63) is 0 Å². The predicted octanol–water partition coefficient (Wildman–Crippen LogP) is 0.236. The lowest BCUT2D eigenvalue weighted by Gasteiger charge is -2.37. The van der Waals surface area contributed by atoms with Gasteiger partial charge in [0, 0.05) is 37.4 Å². The molecule has 3 aliphatic rings. The molecule has 0 spiro atoms. The van der Waals surface area contributed by atoms with Crippen molar-refractivity contribution in [2.75, 3.05) is 19.8 Å². The summed E-state index contributed by atoms with van der Waals surface area (Å²) in [5, 5.41) is 3.15. The van der Waals surface area contributed by atoms with Crippen LogP contribution in [-0.2, 0) is 9.53 Å². The Morgan fingerprint density at radius 1 is 1.16 bits per heavy atom. The minimum absolute atomic E-state index is 0.180. The van der Waals surface area contributed by atoms with Gasteiger partial charge in [-0.2, -0.15) is 0 Å². The second-order valence-corrected chi connectivity index (χ2v) is 6.24. The standard InChI is InChI=1S/C14H25N3O2/c15-10-7-12-1-2-13(8-10)17(12)9-14(18)16-11-3-5-19-6-4-11/h10-13H,1-9,15H2,(H,16,18). The van der Waals surface area contributed by atoms with Gasteiger partial charge in [-0.25, -0.2) is 0 Å². The van der Waals surface area contributed by atoms with E-state index in [-0.39, 0.29) is 5.91 Å². The van der Waals surface area contributed by atoms with Crippen LogP contribution >= 0.6 is 0 Å². The molecule has 19 heavy (non-hydrogen) atoms. The number of hydrogen-bond donors (Lipinski definition) is 2. The van der Waals surface area contributed by atoms with Gasteiger partial charge >= 0.3 is 0 Å². The van der Waals surface area contributed by atoms with Crippen molar-refractivity contribution in [3.8, 4) is 0 Å². The van der Waals surface area contributed by atoms with Crippen molar-refractivity contribution in [2.45, 2.75) is 62.7 Å². The summed E-state index contributed by atoms with van der Waals surface area (Å²) in [4.78, 5) is 14.5. The molecule has 2 atom stereocenters. The summed E-state index contributed by atoms with van der Waals surface area (Å²) in [5.41, 5.74) is 6.06. The number of fused-ring (bicyclic) bond motifs is 2. The highest BCUT2D eigenvalue weighted by Crippen LogP contribution is 2.34. The smallest absolute Gasteiger partial charge is 0.234 e. The topological polar surface area (TPSA) is 67.6 Å². The minimum atomic E-state index is 0.180. The first-order valence-electron chi connectivity index (χ1n) is 7.61. The molecule has 5 nitrogen and oxygen atoms in total. The SMILES string of the molecule is NC1CC2CCC(C1)N2CC(=O)NC1CCOCC1. The Balaban J connectivity index is 1.49. The number of amides is 1. The number of nitrogens with two attached hydrogens (primary N) is 1. The molecule has 0 radical (unpaired) electrons. The number of carbonyl (C=O) groups is 1. The Morgan fingerprint density at radius 2 is 1.79 bits per heavy atom. The van der Waals surface area contributed by atoms with Crippen molar-refractivity contribution in [1.29, 1.82) is 0 Å². The van der Waals surface area contributed by atoms with Gasteiger partial charge in [-0.1, -0.05) is 0 Å². The number of rotatable bonds is 3. The third-order valence-corrected chi connectivity index (χ3v) is 4.83. The quantitative estimate of drug-likeness (QED) is 0.768. The molecule has 0 aromatic carbocycles. The molecule has 108 valence electrons. The lowest BCUT2D eigenvalue weighted by atomic mass is 9.98. The first-order valence-corrected chi connectivity index (χ1v) is 7.61. The van der Waals surface area contributed by atoms with E-state index >= 15 is 0 Å². The summed E-state index contributed by atoms with van der Waals surface area (Å²) in [7, 11) is 0. The average Bonchev–Trinajstić information content (AvgIpc) is 2.63. The van der Waals surface area contributed by atoms with Crippen LogP contribution in [0.3, 0.4) is 0 Å². The second-order valence-electron chi connectivity index (χ2n) is 6.24. The summed E-state index contributed by atoms with van der Waals surface area (Å²) in [6, 6.07) is 1.72. The molecule has 3 fully saturated rings. The lowest BCUT2D eigenvalue weighted by molar-refractivity contribution is -0.124. The fraction of sp³-hybridized carbons (Fsp3) is 0.929. The molecule has 3 aliphatic heterocycles. The maximum Gasteiger partial charge on any atom is 0.234 e. The molecule has 0 aliphatic carbocycles. The van der Waals surface area contributed by atoms with Crippen molar-refractivity contribution in [2.24, 2.45) is 5.73 Å².